The zero-order valence-electron chi connectivity index (χ0n) is 12.4. The van der Waals surface area contributed by atoms with Crippen molar-refractivity contribution in [1.82, 2.24) is 10.2 Å². The second kappa shape index (κ2) is 5.67. The van der Waals surface area contributed by atoms with E-state index < -0.39 is 5.60 Å². The second-order valence-electron chi connectivity index (χ2n) is 6.62. The van der Waals surface area contributed by atoms with E-state index in [1.807, 2.05) is 20.8 Å². The minimum atomic E-state index is -0.445. The topological polar surface area (TPSA) is 50.8 Å². The average Bonchev–Trinajstić information content (AvgIpc) is 3.03. The molecule has 1 unspecified atom stereocenters. The molecule has 110 valence electrons. The number of ether oxygens (including phenoxy) is 2. The van der Waals surface area contributed by atoms with E-state index in [4.69, 9.17) is 9.47 Å². The van der Waals surface area contributed by atoms with Crippen LogP contribution in [0.2, 0.25) is 0 Å². The van der Waals surface area contributed by atoms with Crippen molar-refractivity contribution in [2.75, 3.05) is 26.7 Å². The van der Waals surface area contributed by atoms with Gasteiger partial charge in [0.05, 0.1) is 18.7 Å². The van der Waals surface area contributed by atoms with Crippen LogP contribution in [0.4, 0.5) is 4.79 Å². The van der Waals surface area contributed by atoms with E-state index in [1.54, 1.807) is 12.0 Å². The van der Waals surface area contributed by atoms with Gasteiger partial charge in [0.25, 0.3) is 0 Å². The number of hydrogen-bond acceptors (Lipinski definition) is 4. The smallest absolute Gasteiger partial charge is 0.410 e. The lowest BCUT2D eigenvalue weighted by Crippen LogP contribution is -2.41. The number of hydrogen-bond donors (Lipinski definition) is 1. The molecule has 2 fully saturated rings. The van der Waals surface area contributed by atoms with E-state index in [2.05, 4.69) is 5.32 Å². The molecule has 5 nitrogen and oxygen atoms in total. The van der Waals surface area contributed by atoms with Gasteiger partial charge in [-0.3, -0.25) is 0 Å². The summed E-state index contributed by atoms with van der Waals surface area (Å²) >= 11 is 0. The molecule has 0 radical (unpaired) electrons. The third-order valence-electron chi connectivity index (χ3n) is 3.59. The fourth-order valence-electron chi connectivity index (χ4n) is 2.32. The normalized spacial score (nSPS) is 27.7. The van der Waals surface area contributed by atoms with E-state index in [0.29, 0.717) is 13.1 Å². The lowest BCUT2D eigenvalue weighted by atomic mass is 10.2. The molecule has 0 aromatic rings. The summed E-state index contributed by atoms with van der Waals surface area (Å²) in [5, 5.41) is 3.52. The standard InChI is InChI=1S/C14H26N2O3/c1-14(2,3)19-13(17)16-8-11(12(9-16)18-4)15-7-10-5-6-10/h10-12,15H,5-9H2,1-4H3/t11?,12-/m0/s1. The van der Waals surface area contributed by atoms with Crippen LogP contribution in [0.3, 0.4) is 0 Å². The monoisotopic (exact) mass is 270 g/mol. The van der Waals surface area contributed by atoms with Crippen LogP contribution in [-0.4, -0.2) is 55.5 Å². The van der Waals surface area contributed by atoms with Crippen molar-refractivity contribution in [1.29, 1.82) is 0 Å². The first-order chi connectivity index (χ1) is 8.89. The predicted octanol–water partition coefficient (Wildman–Crippen LogP) is 1.62. The van der Waals surface area contributed by atoms with Crippen molar-refractivity contribution in [2.45, 2.75) is 51.4 Å². The van der Waals surface area contributed by atoms with Crippen LogP contribution < -0.4 is 5.32 Å². The fraction of sp³-hybridized carbons (Fsp3) is 0.929. The summed E-state index contributed by atoms with van der Waals surface area (Å²) in [6, 6.07) is 0.220. The number of carbonyl (C=O) groups excluding carboxylic acids is 1. The summed E-state index contributed by atoms with van der Waals surface area (Å²) in [5.41, 5.74) is -0.445. The number of amides is 1. The molecule has 2 atom stereocenters. The van der Waals surface area contributed by atoms with Crippen molar-refractivity contribution in [2.24, 2.45) is 5.92 Å². The lowest BCUT2D eigenvalue weighted by Gasteiger charge is -2.24. The Morgan fingerprint density at radius 2 is 2.00 bits per heavy atom. The van der Waals surface area contributed by atoms with Crippen LogP contribution in [0.25, 0.3) is 0 Å². The maximum absolute atomic E-state index is 12.0. The molecule has 2 aliphatic rings. The molecule has 1 amide bonds. The van der Waals surface area contributed by atoms with Crippen LogP contribution in [-0.2, 0) is 9.47 Å². The van der Waals surface area contributed by atoms with Crippen LogP contribution >= 0.6 is 0 Å². The van der Waals surface area contributed by atoms with Gasteiger partial charge in [0.1, 0.15) is 5.60 Å². The Bertz CT molecular complexity index is 323. The predicted molar refractivity (Wildman–Crippen MR) is 73.1 cm³/mol. The van der Waals surface area contributed by atoms with Gasteiger partial charge < -0.3 is 19.7 Å². The fourth-order valence-corrected chi connectivity index (χ4v) is 2.32. The minimum absolute atomic E-state index is 0.0614. The van der Waals surface area contributed by atoms with Crippen LogP contribution in [0, 0.1) is 5.92 Å². The SMILES string of the molecule is CO[C@H]1CN(C(=O)OC(C)(C)C)CC1NCC1CC1. The largest absolute Gasteiger partial charge is 0.444 e. The summed E-state index contributed by atoms with van der Waals surface area (Å²) in [6.07, 6.45) is 2.47. The van der Waals surface area contributed by atoms with Gasteiger partial charge in [-0.05, 0) is 46.1 Å². The van der Waals surface area contributed by atoms with Crippen molar-refractivity contribution < 1.29 is 14.3 Å². The van der Waals surface area contributed by atoms with E-state index in [1.165, 1.54) is 12.8 Å². The molecule has 0 aromatic carbocycles. The van der Waals surface area contributed by atoms with Gasteiger partial charge in [-0.1, -0.05) is 0 Å². The first-order valence-electron chi connectivity index (χ1n) is 7.13. The maximum atomic E-state index is 12.0. The quantitative estimate of drug-likeness (QED) is 0.843. The maximum Gasteiger partial charge on any atom is 0.410 e. The van der Waals surface area contributed by atoms with Crippen molar-refractivity contribution in [3.8, 4) is 0 Å². The highest BCUT2D eigenvalue weighted by atomic mass is 16.6. The van der Waals surface area contributed by atoms with Gasteiger partial charge in [-0.15, -0.1) is 0 Å². The molecule has 1 N–H and O–H groups in total. The number of nitrogens with zero attached hydrogens (tertiary/aromatic N) is 1. The number of nitrogens with one attached hydrogen (secondary N) is 1. The molecule has 1 aliphatic carbocycles. The Morgan fingerprint density at radius 3 is 2.53 bits per heavy atom. The van der Waals surface area contributed by atoms with Gasteiger partial charge in [0, 0.05) is 13.7 Å². The highest BCUT2D eigenvalue weighted by Crippen LogP contribution is 2.28. The van der Waals surface area contributed by atoms with E-state index in [9.17, 15) is 4.79 Å². The first kappa shape index (κ1) is 14.6. The van der Waals surface area contributed by atoms with E-state index in [0.717, 1.165) is 12.5 Å². The number of methoxy groups -OCH3 is 1. The Balaban J connectivity index is 1.84. The molecule has 1 aliphatic heterocycles. The average molecular weight is 270 g/mol. The van der Waals surface area contributed by atoms with E-state index >= 15 is 0 Å². The number of rotatable bonds is 4. The second-order valence-corrected chi connectivity index (χ2v) is 6.62. The van der Waals surface area contributed by atoms with Crippen LogP contribution in [0.5, 0.6) is 0 Å². The molecule has 19 heavy (non-hydrogen) atoms. The summed E-state index contributed by atoms with van der Waals surface area (Å²) in [6.45, 7) is 7.97. The summed E-state index contributed by atoms with van der Waals surface area (Å²) in [4.78, 5) is 13.8. The first-order valence-corrected chi connectivity index (χ1v) is 7.13. The summed E-state index contributed by atoms with van der Waals surface area (Å²) in [5.74, 6) is 0.827. The van der Waals surface area contributed by atoms with Crippen molar-refractivity contribution >= 4 is 6.09 Å². The van der Waals surface area contributed by atoms with Crippen LogP contribution in [0.15, 0.2) is 0 Å². The van der Waals surface area contributed by atoms with Crippen LogP contribution in [0.1, 0.15) is 33.6 Å². The highest BCUT2D eigenvalue weighted by Gasteiger charge is 2.37. The van der Waals surface area contributed by atoms with Gasteiger partial charge >= 0.3 is 6.09 Å². The van der Waals surface area contributed by atoms with Gasteiger partial charge in [-0.25, -0.2) is 4.79 Å². The molecule has 0 bridgehead atoms. The molecular weight excluding hydrogens is 244 g/mol. The van der Waals surface area contributed by atoms with Gasteiger partial charge in [-0.2, -0.15) is 0 Å². The Labute approximate surface area is 115 Å². The zero-order chi connectivity index (χ0) is 14.0. The summed E-state index contributed by atoms with van der Waals surface area (Å²) in [7, 11) is 1.70. The minimum Gasteiger partial charge on any atom is -0.444 e. The number of carbonyl (C=O) groups is 1. The van der Waals surface area contributed by atoms with Gasteiger partial charge in [0.15, 0.2) is 0 Å². The Morgan fingerprint density at radius 1 is 1.32 bits per heavy atom. The molecular formula is C14H26N2O3. The molecule has 5 heteroatoms. The molecule has 1 heterocycles. The van der Waals surface area contributed by atoms with Crippen molar-refractivity contribution in [3.05, 3.63) is 0 Å². The Hall–Kier alpha value is -0.810. The van der Waals surface area contributed by atoms with Crippen molar-refractivity contribution in [3.63, 3.8) is 0 Å². The Kier molecular flexibility index (Phi) is 4.36. The van der Waals surface area contributed by atoms with E-state index in [-0.39, 0.29) is 18.2 Å². The highest BCUT2D eigenvalue weighted by molar-refractivity contribution is 5.68. The third kappa shape index (κ3) is 4.35. The van der Waals surface area contributed by atoms with Gasteiger partial charge in [0.2, 0.25) is 0 Å². The lowest BCUT2D eigenvalue weighted by molar-refractivity contribution is 0.0252. The number of likely N-dealkylation sites (tertiary alicyclic amines) is 1. The molecule has 0 spiro atoms. The third-order valence-corrected chi connectivity index (χ3v) is 3.59. The molecule has 1 saturated carbocycles. The molecule has 0 aromatic heterocycles. The molecule has 2 rings (SSSR count). The molecule has 1 saturated heterocycles. The summed E-state index contributed by atoms with van der Waals surface area (Å²) < 4.78 is 10.9. The zero-order valence-corrected chi connectivity index (χ0v) is 12.4.